The maximum atomic E-state index is 5.24. The number of ether oxygens (including phenoxy) is 1. The first kappa shape index (κ1) is 7.07. The molecule has 1 saturated carbocycles. The van der Waals surface area contributed by atoms with Gasteiger partial charge in [-0.1, -0.05) is 19.3 Å². The molecule has 0 saturated heterocycles. The van der Waals surface area contributed by atoms with Crippen molar-refractivity contribution in [2.45, 2.75) is 32.6 Å². The van der Waals surface area contributed by atoms with Gasteiger partial charge in [-0.25, -0.2) is 0 Å². The van der Waals surface area contributed by atoms with Crippen molar-refractivity contribution >= 4 is 0 Å². The molecular weight excluding hydrogens is 112 g/mol. The van der Waals surface area contributed by atoms with E-state index in [2.05, 4.69) is 6.92 Å². The van der Waals surface area contributed by atoms with Crippen LogP contribution in [-0.4, -0.2) is 13.2 Å². The van der Waals surface area contributed by atoms with Gasteiger partial charge >= 0.3 is 0 Å². The van der Waals surface area contributed by atoms with Gasteiger partial charge in [-0.05, 0) is 19.3 Å². The van der Waals surface area contributed by atoms with Crippen LogP contribution in [0.4, 0.5) is 0 Å². The van der Waals surface area contributed by atoms with Crippen LogP contribution in [0, 0.1) is 5.92 Å². The second kappa shape index (κ2) is 3.89. The third-order valence-electron chi connectivity index (χ3n) is 2.10. The first-order valence-corrected chi connectivity index (χ1v) is 4.01. The van der Waals surface area contributed by atoms with E-state index in [0.717, 1.165) is 19.1 Å². The fraction of sp³-hybridized carbons (Fsp3) is 1.00. The summed E-state index contributed by atoms with van der Waals surface area (Å²) in [4.78, 5) is 0. The van der Waals surface area contributed by atoms with Crippen molar-refractivity contribution in [1.29, 1.82) is 0 Å². The third-order valence-corrected chi connectivity index (χ3v) is 2.10. The van der Waals surface area contributed by atoms with Gasteiger partial charge < -0.3 is 4.74 Å². The first-order chi connectivity index (χ1) is 4.43. The Morgan fingerprint density at radius 1 is 1.44 bits per heavy atom. The molecule has 1 aliphatic rings. The third kappa shape index (κ3) is 2.35. The van der Waals surface area contributed by atoms with Crippen LogP contribution in [0.5, 0.6) is 0 Å². The van der Waals surface area contributed by atoms with Crippen LogP contribution < -0.4 is 0 Å². The van der Waals surface area contributed by atoms with E-state index in [9.17, 15) is 0 Å². The normalized spacial score (nSPS) is 19.7. The van der Waals surface area contributed by atoms with Crippen LogP contribution in [0.15, 0.2) is 0 Å². The summed E-state index contributed by atoms with van der Waals surface area (Å²) >= 11 is 0. The molecule has 0 spiro atoms. The van der Waals surface area contributed by atoms with Crippen LogP contribution >= 0.6 is 0 Å². The lowest BCUT2D eigenvalue weighted by atomic mass is 9.83. The van der Waals surface area contributed by atoms with Gasteiger partial charge in [0.15, 0.2) is 0 Å². The maximum Gasteiger partial charge on any atom is 0.0468 e. The Kier molecular flexibility index (Phi) is 3.05. The number of hydrogen-bond acceptors (Lipinski definition) is 1. The molecule has 1 fully saturated rings. The fourth-order valence-electron chi connectivity index (χ4n) is 1.18. The smallest absolute Gasteiger partial charge is 0.0468 e. The molecule has 0 amide bonds. The van der Waals surface area contributed by atoms with E-state index in [1.54, 1.807) is 0 Å². The Morgan fingerprint density at radius 3 is 2.67 bits per heavy atom. The van der Waals surface area contributed by atoms with Crippen LogP contribution in [0.25, 0.3) is 0 Å². The van der Waals surface area contributed by atoms with E-state index in [1.807, 2.05) is 0 Å². The molecule has 1 heteroatoms. The van der Waals surface area contributed by atoms with Gasteiger partial charge in [-0.15, -0.1) is 0 Å². The van der Waals surface area contributed by atoms with Gasteiger partial charge in [0.1, 0.15) is 0 Å². The second-order valence-electron chi connectivity index (χ2n) is 2.78. The zero-order chi connectivity index (χ0) is 6.53. The predicted molar refractivity (Wildman–Crippen MR) is 38.5 cm³/mol. The van der Waals surface area contributed by atoms with Crippen molar-refractivity contribution in [3.05, 3.63) is 0 Å². The van der Waals surface area contributed by atoms with Crippen LogP contribution in [-0.2, 0) is 4.74 Å². The summed E-state index contributed by atoms with van der Waals surface area (Å²) in [6.45, 7) is 3.93. The lowest BCUT2D eigenvalue weighted by Crippen LogP contribution is -2.13. The Morgan fingerprint density at radius 2 is 2.22 bits per heavy atom. The fourth-order valence-corrected chi connectivity index (χ4v) is 1.18. The van der Waals surface area contributed by atoms with E-state index in [4.69, 9.17) is 4.74 Å². The minimum Gasteiger partial charge on any atom is -0.382 e. The summed E-state index contributed by atoms with van der Waals surface area (Å²) < 4.78 is 5.24. The van der Waals surface area contributed by atoms with Gasteiger partial charge in [0.2, 0.25) is 0 Å². The zero-order valence-electron chi connectivity index (χ0n) is 6.23. The van der Waals surface area contributed by atoms with Crippen LogP contribution in [0.2, 0.25) is 0 Å². The summed E-state index contributed by atoms with van der Waals surface area (Å²) in [7, 11) is 0. The molecule has 0 radical (unpaired) electrons. The van der Waals surface area contributed by atoms with Crippen molar-refractivity contribution in [3.8, 4) is 0 Å². The molecule has 0 aromatic carbocycles. The van der Waals surface area contributed by atoms with E-state index < -0.39 is 0 Å². The molecule has 54 valence electrons. The average Bonchev–Trinajstić information content (AvgIpc) is 1.76. The highest BCUT2D eigenvalue weighted by Gasteiger charge is 2.16. The van der Waals surface area contributed by atoms with Crippen molar-refractivity contribution in [3.63, 3.8) is 0 Å². The summed E-state index contributed by atoms with van der Waals surface area (Å²) in [5.74, 6) is 1.01. The molecule has 0 unspecified atom stereocenters. The number of rotatable bonds is 4. The highest BCUT2D eigenvalue weighted by atomic mass is 16.5. The first-order valence-electron chi connectivity index (χ1n) is 4.01. The molecule has 0 aliphatic heterocycles. The highest BCUT2D eigenvalue weighted by molar-refractivity contribution is 4.68. The van der Waals surface area contributed by atoms with Gasteiger partial charge in [0.25, 0.3) is 0 Å². The lowest BCUT2D eigenvalue weighted by molar-refractivity contribution is 0.117. The Bertz CT molecular complexity index is 67.0. The van der Waals surface area contributed by atoms with E-state index in [-0.39, 0.29) is 0 Å². The maximum absolute atomic E-state index is 5.24. The molecule has 0 atom stereocenters. The summed E-state index contributed by atoms with van der Waals surface area (Å²) in [6.07, 6.45) is 5.66. The molecule has 9 heavy (non-hydrogen) atoms. The molecule has 0 bridgehead atoms. The molecule has 1 aliphatic carbocycles. The molecule has 0 N–H and O–H groups in total. The Balaban J connectivity index is 1.80. The minimum atomic E-state index is 0.882. The van der Waals surface area contributed by atoms with Gasteiger partial charge in [-0.2, -0.15) is 0 Å². The summed E-state index contributed by atoms with van der Waals surface area (Å²) in [5, 5.41) is 0. The van der Waals surface area contributed by atoms with Crippen molar-refractivity contribution < 1.29 is 4.74 Å². The Hall–Kier alpha value is -0.0400. The van der Waals surface area contributed by atoms with Crippen LogP contribution in [0.1, 0.15) is 32.6 Å². The van der Waals surface area contributed by atoms with Gasteiger partial charge in [-0.3, -0.25) is 0 Å². The zero-order valence-corrected chi connectivity index (χ0v) is 6.23. The molecule has 1 rings (SSSR count). The predicted octanol–water partition coefficient (Wildman–Crippen LogP) is 2.21. The van der Waals surface area contributed by atoms with Gasteiger partial charge in [0.05, 0.1) is 0 Å². The average molecular weight is 128 g/mol. The van der Waals surface area contributed by atoms with Crippen LogP contribution in [0.3, 0.4) is 0 Å². The van der Waals surface area contributed by atoms with E-state index >= 15 is 0 Å². The molecular formula is C8H16O. The molecule has 0 heterocycles. The van der Waals surface area contributed by atoms with E-state index in [0.29, 0.717) is 0 Å². The van der Waals surface area contributed by atoms with Crippen molar-refractivity contribution in [1.82, 2.24) is 0 Å². The number of hydrogen-bond donors (Lipinski definition) is 0. The molecule has 0 aromatic heterocycles. The SMILES string of the molecule is CCOCCC1CCC1. The van der Waals surface area contributed by atoms with Gasteiger partial charge in [0, 0.05) is 13.2 Å². The largest absolute Gasteiger partial charge is 0.382 e. The minimum absolute atomic E-state index is 0.882. The highest BCUT2D eigenvalue weighted by Crippen LogP contribution is 2.28. The lowest BCUT2D eigenvalue weighted by Gasteiger charge is -2.24. The summed E-state index contributed by atoms with van der Waals surface area (Å²) in [6, 6.07) is 0. The monoisotopic (exact) mass is 128 g/mol. The molecule has 0 aromatic rings. The quantitative estimate of drug-likeness (QED) is 0.527. The summed E-state index contributed by atoms with van der Waals surface area (Å²) in [5.41, 5.74) is 0. The van der Waals surface area contributed by atoms with Crippen molar-refractivity contribution in [2.24, 2.45) is 5.92 Å². The van der Waals surface area contributed by atoms with Crippen molar-refractivity contribution in [2.75, 3.05) is 13.2 Å². The molecule has 1 nitrogen and oxygen atoms in total. The van der Waals surface area contributed by atoms with E-state index in [1.165, 1.54) is 25.7 Å². The standard InChI is InChI=1S/C8H16O/c1-2-9-7-6-8-4-3-5-8/h8H,2-7H2,1H3. The Labute approximate surface area is 57.4 Å². The topological polar surface area (TPSA) is 9.23 Å². The second-order valence-corrected chi connectivity index (χ2v) is 2.78.